The molecule has 0 aromatic heterocycles. The number of carbonyl (C=O) groups excluding carboxylic acids is 1. The Bertz CT molecular complexity index is 540. The number of aliphatic hydroxyl groups excluding tert-OH is 1. The first kappa shape index (κ1) is 17.6. The van der Waals surface area contributed by atoms with E-state index in [1.54, 1.807) is 18.2 Å². The number of benzene rings is 1. The Labute approximate surface area is 137 Å². The van der Waals surface area contributed by atoms with Gasteiger partial charge >= 0.3 is 0 Å². The molecular weight excluding hydrogens is 295 g/mol. The summed E-state index contributed by atoms with van der Waals surface area (Å²) in [5.74, 6) is 0.135. The van der Waals surface area contributed by atoms with Crippen molar-refractivity contribution < 1.29 is 14.3 Å². The van der Waals surface area contributed by atoms with Crippen LogP contribution < -0.4 is 5.32 Å². The molecule has 2 rings (SSSR count). The molecule has 5 heteroatoms. The topological polar surface area (TPSA) is 52.6 Å². The van der Waals surface area contributed by atoms with Crippen LogP contribution in [0, 0.1) is 11.7 Å². The van der Waals surface area contributed by atoms with Crippen LogP contribution in [0.5, 0.6) is 0 Å². The highest BCUT2D eigenvalue weighted by molar-refractivity contribution is 5.91. The van der Waals surface area contributed by atoms with Crippen molar-refractivity contribution >= 4 is 12.0 Å². The van der Waals surface area contributed by atoms with Crippen LogP contribution in [0.15, 0.2) is 30.3 Å². The largest absolute Gasteiger partial charge is 0.390 e. The van der Waals surface area contributed by atoms with Gasteiger partial charge in [0.2, 0.25) is 5.91 Å². The van der Waals surface area contributed by atoms with Crippen molar-refractivity contribution in [2.75, 3.05) is 26.2 Å². The van der Waals surface area contributed by atoms with E-state index in [0.717, 1.165) is 31.8 Å². The maximum absolute atomic E-state index is 13.0. The van der Waals surface area contributed by atoms with Gasteiger partial charge in [-0.25, -0.2) is 4.39 Å². The minimum atomic E-state index is -0.574. The summed E-state index contributed by atoms with van der Waals surface area (Å²) >= 11 is 0. The zero-order valence-electron chi connectivity index (χ0n) is 13.5. The van der Waals surface area contributed by atoms with Gasteiger partial charge in [-0.2, -0.15) is 0 Å². The number of amides is 1. The van der Waals surface area contributed by atoms with Crippen molar-refractivity contribution in [3.63, 3.8) is 0 Å². The molecule has 1 atom stereocenters. The Hall–Kier alpha value is -1.72. The van der Waals surface area contributed by atoms with Gasteiger partial charge in [0.1, 0.15) is 5.82 Å². The summed E-state index contributed by atoms with van der Waals surface area (Å²) in [6, 6.07) is 6.03. The van der Waals surface area contributed by atoms with E-state index in [1.165, 1.54) is 18.2 Å². The summed E-state index contributed by atoms with van der Waals surface area (Å²) in [6.07, 6.45) is 4.65. The third-order valence-corrected chi connectivity index (χ3v) is 4.13. The number of piperidine rings is 1. The SMILES string of the molecule is CC1CCN(CC(O)CNC(=O)/C=C/c2cccc(F)c2)CC1. The molecular formula is C18H25FN2O2. The first-order valence-corrected chi connectivity index (χ1v) is 8.15. The molecule has 1 aliphatic rings. The van der Waals surface area contributed by atoms with E-state index >= 15 is 0 Å². The molecule has 0 radical (unpaired) electrons. The molecule has 0 saturated carbocycles. The van der Waals surface area contributed by atoms with Crippen molar-refractivity contribution in [2.45, 2.75) is 25.9 Å². The zero-order valence-corrected chi connectivity index (χ0v) is 13.5. The van der Waals surface area contributed by atoms with E-state index in [9.17, 15) is 14.3 Å². The van der Waals surface area contributed by atoms with Gasteiger partial charge in [0.05, 0.1) is 6.10 Å². The summed E-state index contributed by atoms with van der Waals surface area (Å²) in [5.41, 5.74) is 0.628. The summed E-state index contributed by atoms with van der Waals surface area (Å²) < 4.78 is 13.0. The van der Waals surface area contributed by atoms with Crippen molar-refractivity contribution in [1.29, 1.82) is 0 Å². The molecule has 0 spiro atoms. The van der Waals surface area contributed by atoms with E-state index in [1.807, 2.05) is 0 Å². The molecule has 126 valence electrons. The van der Waals surface area contributed by atoms with Crippen molar-refractivity contribution in [3.8, 4) is 0 Å². The van der Waals surface area contributed by atoms with Crippen LogP contribution in [0.3, 0.4) is 0 Å². The third-order valence-electron chi connectivity index (χ3n) is 4.13. The van der Waals surface area contributed by atoms with Crippen LogP contribution in [-0.2, 0) is 4.79 Å². The number of rotatable bonds is 6. The number of aliphatic hydroxyl groups is 1. The molecule has 1 aliphatic heterocycles. The van der Waals surface area contributed by atoms with Crippen LogP contribution in [-0.4, -0.2) is 48.2 Å². The standard InChI is InChI=1S/C18H25FN2O2/c1-14-7-9-21(10-8-14)13-17(22)12-20-18(23)6-5-15-3-2-4-16(19)11-15/h2-6,11,14,17,22H,7-10,12-13H2,1H3,(H,20,23)/b6-5+. The minimum Gasteiger partial charge on any atom is -0.390 e. The molecule has 1 unspecified atom stereocenters. The highest BCUT2D eigenvalue weighted by Gasteiger charge is 2.18. The molecule has 1 heterocycles. The quantitative estimate of drug-likeness (QED) is 0.789. The molecule has 0 aliphatic carbocycles. The molecule has 1 aromatic carbocycles. The average molecular weight is 320 g/mol. The Morgan fingerprint density at radius 3 is 2.91 bits per heavy atom. The number of hydrogen-bond donors (Lipinski definition) is 2. The summed E-state index contributed by atoms with van der Waals surface area (Å²) in [4.78, 5) is 14.0. The summed E-state index contributed by atoms with van der Waals surface area (Å²) in [5, 5.41) is 12.7. The maximum Gasteiger partial charge on any atom is 0.244 e. The lowest BCUT2D eigenvalue weighted by Crippen LogP contribution is -2.42. The number of likely N-dealkylation sites (tertiary alicyclic amines) is 1. The molecule has 4 nitrogen and oxygen atoms in total. The number of carbonyl (C=O) groups is 1. The molecule has 1 aromatic rings. The minimum absolute atomic E-state index is 0.221. The number of nitrogens with one attached hydrogen (secondary N) is 1. The van der Waals surface area contributed by atoms with Gasteiger partial charge in [0.15, 0.2) is 0 Å². The number of nitrogens with zero attached hydrogens (tertiary/aromatic N) is 1. The van der Waals surface area contributed by atoms with Crippen molar-refractivity contribution in [1.82, 2.24) is 10.2 Å². The fraction of sp³-hybridized carbons (Fsp3) is 0.500. The van der Waals surface area contributed by atoms with Crippen molar-refractivity contribution in [2.24, 2.45) is 5.92 Å². The Morgan fingerprint density at radius 1 is 1.48 bits per heavy atom. The Morgan fingerprint density at radius 2 is 2.22 bits per heavy atom. The first-order valence-electron chi connectivity index (χ1n) is 8.15. The zero-order chi connectivity index (χ0) is 16.7. The third kappa shape index (κ3) is 6.50. The number of β-amino-alcohol motifs (C(OH)–C–C–N with tert-alkyl or cyclic N) is 1. The Balaban J connectivity index is 1.69. The lowest BCUT2D eigenvalue weighted by atomic mass is 9.99. The second-order valence-corrected chi connectivity index (χ2v) is 6.27. The molecule has 2 N–H and O–H groups in total. The van der Waals surface area contributed by atoms with Crippen LogP contribution in [0.25, 0.3) is 6.08 Å². The van der Waals surface area contributed by atoms with Crippen LogP contribution in [0.2, 0.25) is 0 Å². The van der Waals surface area contributed by atoms with E-state index in [4.69, 9.17) is 0 Å². The Kier molecular flexibility index (Phi) is 6.74. The van der Waals surface area contributed by atoms with Crippen LogP contribution >= 0.6 is 0 Å². The average Bonchev–Trinajstić information content (AvgIpc) is 2.53. The van der Waals surface area contributed by atoms with Gasteiger partial charge < -0.3 is 15.3 Å². The second-order valence-electron chi connectivity index (χ2n) is 6.27. The van der Waals surface area contributed by atoms with Gasteiger partial charge in [-0.3, -0.25) is 4.79 Å². The highest BCUT2D eigenvalue weighted by Crippen LogP contribution is 2.15. The summed E-state index contributed by atoms with van der Waals surface area (Å²) in [7, 11) is 0. The van der Waals surface area contributed by atoms with E-state index in [2.05, 4.69) is 17.1 Å². The number of hydrogen-bond acceptors (Lipinski definition) is 3. The van der Waals surface area contributed by atoms with Gasteiger partial charge in [0.25, 0.3) is 0 Å². The fourth-order valence-electron chi connectivity index (χ4n) is 2.67. The number of halogens is 1. The normalized spacial score (nSPS) is 18.2. The lowest BCUT2D eigenvalue weighted by Gasteiger charge is -2.31. The predicted octanol–water partition coefficient (Wildman–Crippen LogP) is 2.05. The smallest absolute Gasteiger partial charge is 0.244 e. The van der Waals surface area contributed by atoms with Gasteiger partial charge in [-0.05, 0) is 55.6 Å². The van der Waals surface area contributed by atoms with E-state index < -0.39 is 6.10 Å². The van der Waals surface area contributed by atoms with Crippen LogP contribution in [0.1, 0.15) is 25.3 Å². The molecule has 1 saturated heterocycles. The highest BCUT2D eigenvalue weighted by atomic mass is 19.1. The lowest BCUT2D eigenvalue weighted by molar-refractivity contribution is -0.116. The van der Waals surface area contributed by atoms with E-state index in [0.29, 0.717) is 12.1 Å². The van der Waals surface area contributed by atoms with Crippen molar-refractivity contribution in [3.05, 3.63) is 41.7 Å². The predicted molar refractivity (Wildman–Crippen MR) is 89.3 cm³/mol. The summed E-state index contributed by atoms with van der Waals surface area (Å²) in [6.45, 7) is 5.06. The first-order chi connectivity index (χ1) is 11.0. The molecule has 1 fully saturated rings. The molecule has 23 heavy (non-hydrogen) atoms. The molecule has 1 amide bonds. The monoisotopic (exact) mass is 320 g/mol. The fourth-order valence-corrected chi connectivity index (χ4v) is 2.67. The van der Waals surface area contributed by atoms with Crippen LogP contribution in [0.4, 0.5) is 4.39 Å². The maximum atomic E-state index is 13.0. The molecule has 0 bridgehead atoms. The van der Waals surface area contributed by atoms with Gasteiger partial charge in [0, 0.05) is 19.2 Å². The van der Waals surface area contributed by atoms with Gasteiger partial charge in [-0.15, -0.1) is 0 Å². The second kappa shape index (κ2) is 8.79. The van der Waals surface area contributed by atoms with Gasteiger partial charge in [-0.1, -0.05) is 19.1 Å². The van der Waals surface area contributed by atoms with E-state index in [-0.39, 0.29) is 18.3 Å².